The van der Waals surface area contributed by atoms with Crippen molar-refractivity contribution in [3.63, 3.8) is 0 Å². The van der Waals surface area contributed by atoms with E-state index in [-0.39, 0.29) is 28.0 Å². The molecular formula is C8H8N5NiO2+3. The van der Waals surface area contributed by atoms with E-state index >= 15 is 0 Å². The van der Waals surface area contributed by atoms with Gasteiger partial charge in [-0.05, 0) is 24.3 Å². The molecule has 8 heteroatoms. The molecular weight excluding hydrogens is 257 g/mol. The monoisotopic (exact) mass is 264 g/mol. The fraction of sp³-hybridized carbons (Fsp3) is 0. The number of nitrogens with two attached hydrogens (primary N) is 1. The van der Waals surface area contributed by atoms with Gasteiger partial charge in [-0.15, -0.1) is 4.68 Å². The number of H-pyrrole nitrogens is 1. The van der Waals surface area contributed by atoms with Crippen LogP contribution in [0.2, 0.25) is 0 Å². The first kappa shape index (κ1) is 12.1. The summed E-state index contributed by atoms with van der Waals surface area (Å²) in [5, 5.41) is 18.3. The maximum Gasteiger partial charge on any atom is 2.00 e. The molecule has 0 aliphatic heterocycles. The minimum atomic E-state index is -0.970. The molecule has 1 heterocycles. The summed E-state index contributed by atoms with van der Waals surface area (Å²) in [4.78, 5) is 10.6. The Morgan fingerprint density at radius 1 is 1.38 bits per heavy atom. The van der Waals surface area contributed by atoms with Crippen molar-refractivity contribution in [1.29, 1.82) is 0 Å². The summed E-state index contributed by atoms with van der Waals surface area (Å²) in [5.41, 5.74) is 6.39. The van der Waals surface area contributed by atoms with Crippen molar-refractivity contribution < 1.29 is 31.1 Å². The SMILES string of the molecule is Nc1nn[nH][n+]1-c1ccc(C(=O)O)cc1.[Ni+2]. The molecule has 0 unspecified atom stereocenters. The minimum absolute atomic E-state index is 0. The molecule has 0 aliphatic carbocycles. The van der Waals surface area contributed by atoms with Crippen molar-refractivity contribution in [3.05, 3.63) is 29.8 Å². The molecule has 0 aliphatic rings. The topological polar surface area (TPSA) is 109 Å². The van der Waals surface area contributed by atoms with E-state index in [0.29, 0.717) is 5.69 Å². The average molecular weight is 265 g/mol. The number of hydrogen-bond donors (Lipinski definition) is 3. The molecule has 0 amide bonds. The predicted molar refractivity (Wildman–Crippen MR) is 49.3 cm³/mol. The van der Waals surface area contributed by atoms with Crippen LogP contribution in [0.15, 0.2) is 24.3 Å². The maximum atomic E-state index is 10.6. The molecule has 84 valence electrons. The quantitative estimate of drug-likeness (QED) is 0.494. The number of benzene rings is 1. The molecule has 2 aromatic rings. The van der Waals surface area contributed by atoms with Crippen LogP contribution in [0.3, 0.4) is 0 Å². The van der Waals surface area contributed by atoms with Gasteiger partial charge in [0.15, 0.2) is 0 Å². The van der Waals surface area contributed by atoms with Gasteiger partial charge in [-0.1, -0.05) is 5.21 Å². The van der Waals surface area contributed by atoms with Crippen LogP contribution >= 0.6 is 0 Å². The van der Waals surface area contributed by atoms with Gasteiger partial charge >= 0.3 is 28.4 Å². The van der Waals surface area contributed by atoms with Crippen molar-refractivity contribution in [3.8, 4) is 5.69 Å². The number of tetrazole rings is 1. The largest absolute Gasteiger partial charge is 2.00 e. The zero-order valence-corrected chi connectivity index (χ0v) is 8.89. The Morgan fingerprint density at radius 3 is 2.44 bits per heavy atom. The van der Waals surface area contributed by atoms with Crippen LogP contribution in [-0.4, -0.2) is 26.6 Å². The summed E-state index contributed by atoms with van der Waals surface area (Å²) in [6.07, 6.45) is 0. The molecule has 1 aromatic carbocycles. The Labute approximate surface area is 100 Å². The Balaban J connectivity index is 0.00000128. The zero-order valence-electron chi connectivity index (χ0n) is 7.90. The summed E-state index contributed by atoms with van der Waals surface area (Å²) in [7, 11) is 0. The Kier molecular flexibility index (Phi) is 3.57. The van der Waals surface area contributed by atoms with Crippen LogP contribution in [0.5, 0.6) is 0 Å². The molecule has 0 bridgehead atoms. The van der Waals surface area contributed by atoms with Crippen LogP contribution in [-0.2, 0) is 16.5 Å². The third-order valence-electron chi connectivity index (χ3n) is 1.90. The average Bonchev–Trinajstić information content (AvgIpc) is 2.65. The fourth-order valence-corrected chi connectivity index (χ4v) is 1.16. The number of aromatic carboxylic acids is 1. The summed E-state index contributed by atoms with van der Waals surface area (Å²) in [5.74, 6) is -0.764. The first-order valence-electron chi connectivity index (χ1n) is 4.11. The number of rotatable bonds is 2. The number of anilines is 1. The van der Waals surface area contributed by atoms with E-state index in [2.05, 4.69) is 15.5 Å². The van der Waals surface area contributed by atoms with Crippen molar-refractivity contribution in [2.24, 2.45) is 0 Å². The van der Waals surface area contributed by atoms with Crippen molar-refractivity contribution >= 4 is 11.9 Å². The van der Waals surface area contributed by atoms with E-state index in [9.17, 15) is 4.79 Å². The summed E-state index contributed by atoms with van der Waals surface area (Å²) >= 11 is 0. The number of aromatic amines is 1. The Bertz CT molecular complexity index is 495. The molecule has 1 aromatic heterocycles. The number of carboxylic acids is 1. The van der Waals surface area contributed by atoms with E-state index in [1.165, 1.54) is 16.8 Å². The number of nitrogens with one attached hydrogen (secondary N) is 1. The molecule has 0 atom stereocenters. The van der Waals surface area contributed by atoms with Crippen molar-refractivity contribution in [1.82, 2.24) is 15.5 Å². The Hall–Kier alpha value is -1.95. The van der Waals surface area contributed by atoms with Crippen LogP contribution in [0, 0.1) is 0 Å². The van der Waals surface area contributed by atoms with Gasteiger partial charge in [0.2, 0.25) is 0 Å². The van der Waals surface area contributed by atoms with Gasteiger partial charge in [0, 0.05) is 0 Å². The fourth-order valence-electron chi connectivity index (χ4n) is 1.16. The summed E-state index contributed by atoms with van der Waals surface area (Å²) < 4.78 is 1.44. The van der Waals surface area contributed by atoms with E-state index in [1.54, 1.807) is 12.1 Å². The zero-order chi connectivity index (χ0) is 10.8. The van der Waals surface area contributed by atoms with E-state index in [4.69, 9.17) is 10.8 Å². The summed E-state index contributed by atoms with van der Waals surface area (Å²) in [6, 6.07) is 6.18. The molecule has 0 saturated heterocycles. The van der Waals surface area contributed by atoms with Gasteiger partial charge in [-0.2, -0.15) is 0 Å². The van der Waals surface area contributed by atoms with Crippen LogP contribution in [0.1, 0.15) is 10.4 Å². The molecule has 16 heavy (non-hydrogen) atoms. The van der Waals surface area contributed by atoms with E-state index in [1.807, 2.05) is 0 Å². The first-order valence-corrected chi connectivity index (χ1v) is 4.11. The molecule has 7 nitrogen and oxygen atoms in total. The van der Waals surface area contributed by atoms with Gasteiger partial charge in [-0.25, -0.2) is 4.79 Å². The number of hydrogen-bond acceptors (Lipinski definition) is 4. The Morgan fingerprint density at radius 2 is 2.00 bits per heavy atom. The smallest absolute Gasteiger partial charge is 0.478 e. The number of nitrogen functional groups attached to an aromatic ring is 1. The van der Waals surface area contributed by atoms with Gasteiger partial charge in [-0.3, -0.25) is 0 Å². The van der Waals surface area contributed by atoms with Gasteiger partial charge < -0.3 is 10.8 Å². The number of aromatic nitrogens is 4. The second-order valence-corrected chi connectivity index (χ2v) is 2.85. The number of carbonyl (C=O) groups is 1. The van der Waals surface area contributed by atoms with Crippen molar-refractivity contribution in [2.75, 3.05) is 5.73 Å². The van der Waals surface area contributed by atoms with E-state index in [0.717, 1.165) is 0 Å². The van der Waals surface area contributed by atoms with E-state index < -0.39 is 5.97 Å². The minimum Gasteiger partial charge on any atom is -0.478 e. The maximum absolute atomic E-state index is 10.6. The van der Waals surface area contributed by atoms with Crippen LogP contribution in [0.25, 0.3) is 5.69 Å². The molecule has 0 radical (unpaired) electrons. The van der Waals surface area contributed by atoms with Crippen LogP contribution < -0.4 is 10.4 Å². The van der Waals surface area contributed by atoms with Gasteiger partial charge in [0.05, 0.1) is 10.7 Å². The second-order valence-electron chi connectivity index (χ2n) is 2.85. The molecule has 4 N–H and O–H groups in total. The normalized spacial score (nSPS) is 9.50. The second kappa shape index (κ2) is 4.72. The predicted octanol–water partition coefficient (Wildman–Crippen LogP) is -0.641. The molecule has 2 rings (SSSR count). The molecule has 0 saturated carbocycles. The standard InChI is InChI=1S/C8H7N5O2.Ni/c9-8-10-11-12-13(8)6-3-1-5(2-4-6)7(14)15;/h1-4H,(H3,9,10,12,14,15);/q;+2/p+1. The number of carboxylic acid groups (broad SMARTS) is 1. The van der Waals surface area contributed by atoms with Crippen molar-refractivity contribution in [2.45, 2.75) is 0 Å². The van der Waals surface area contributed by atoms with Gasteiger partial charge in [0.25, 0.3) is 0 Å². The third-order valence-corrected chi connectivity index (χ3v) is 1.90. The van der Waals surface area contributed by atoms with Crippen LogP contribution in [0.4, 0.5) is 5.95 Å². The van der Waals surface area contributed by atoms with Gasteiger partial charge in [0.1, 0.15) is 10.9 Å². The third kappa shape index (κ3) is 2.17. The first-order chi connectivity index (χ1) is 7.18. The number of nitrogens with zero attached hydrogens (tertiary/aromatic N) is 3. The summed E-state index contributed by atoms with van der Waals surface area (Å²) in [6.45, 7) is 0. The molecule has 0 fully saturated rings. The molecule has 0 spiro atoms.